The molecule has 1 aromatic heterocycles. The van der Waals surface area contributed by atoms with Crippen LogP contribution in [0, 0.1) is 5.41 Å². The number of anilines is 1. The first-order valence-electron chi connectivity index (χ1n) is 12.3. The topological polar surface area (TPSA) is 96.7 Å². The number of nitrogens with one attached hydrogen (secondary N) is 1. The smallest absolute Gasteiger partial charge is 0.226 e. The lowest BCUT2D eigenvalue weighted by molar-refractivity contribution is -0.118. The molecule has 0 amide bonds. The van der Waals surface area contributed by atoms with Gasteiger partial charge in [-0.25, -0.2) is 4.68 Å². The van der Waals surface area contributed by atoms with Crippen LogP contribution in [-0.4, -0.2) is 48.5 Å². The Balaban J connectivity index is 1.67. The molecule has 194 valence electrons. The van der Waals surface area contributed by atoms with Gasteiger partial charge in [0.2, 0.25) is 5.95 Å². The number of ether oxygens (including phenoxy) is 4. The van der Waals surface area contributed by atoms with E-state index >= 15 is 0 Å². The van der Waals surface area contributed by atoms with Gasteiger partial charge in [0, 0.05) is 29.3 Å². The van der Waals surface area contributed by atoms with Crippen LogP contribution in [0.25, 0.3) is 11.4 Å². The third-order valence-corrected chi connectivity index (χ3v) is 6.74. The number of benzene rings is 2. The number of methoxy groups -OCH3 is 3. The van der Waals surface area contributed by atoms with Crippen molar-refractivity contribution in [3.8, 4) is 34.4 Å². The summed E-state index contributed by atoms with van der Waals surface area (Å²) in [6.45, 7) is 6.67. The molecule has 37 heavy (non-hydrogen) atoms. The molecule has 2 heterocycles. The Hall–Kier alpha value is -4.01. The summed E-state index contributed by atoms with van der Waals surface area (Å²) in [7, 11) is 4.82. The number of allylic oxidation sites excluding steroid dienone is 2. The van der Waals surface area contributed by atoms with Gasteiger partial charge in [0.25, 0.3) is 0 Å². The van der Waals surface area contributed by atoms with Crippen molar-refractivity contribution in [2.24, 2.45) is 5.41 Å². The van der Waals surface area contributed by atoms with Crippen LogP contribution in [0.2, 0.25) is 0 Å². The maximum absolute atomic E-state index is 13.6. The van der Waals surface area contributed by atoms with Gasteiger partial charge in [-0.1, -0.05) is 19.9 Å². The third-order valence-electron chi connectivity index (χ3n) is 6.74. The average molecular weight is 505 g/mol. The first kappa shape index (κ1) is 24.7. The van der Waals surface area contributed by atoms with Crippen LogP contribution in [0.5, 0.6) is 23.0 Å². The standard InChI is InChI=1S/C28H32N4O5/c1-7-37-22-9-8-16(12-23(22)36-6)25-24-20(14-28(2,3)15-21(24)33)29-27-30-26(31-32(25)27)17-10-18(34-4)13-19(11-17)35-5/h8-13,25H,7,14-15H2,1-6H3,(H,29,30,31). The Morgan fingerprint density at radius 2 is 1.73 bits per heavy atom. The third kappa shape index (κ3) is 4.50. The molecule has 5 rings (SSSR count). The second kappa shape index (κ2) is 9.46. The zero-order valence-electron chi connectivity index (χ0n) is 22.0. The van der Waals surface area contributed by atoms with E-state index in [1.807, 2.05) is 37.3 Å². The van der Waals surface area contributed by atoms with Crippen LogP contribution in [-0.2, 0) is 4.79 Å². The minimum atomic E-state index is -0.465. The molecule has 0 bridgehead atoms. The molecule has 9 nitrogen and oxygen atoms in total. The predicted octanol–water partition coefficient (Wildman–Crippen LogP) is 5.03. The second-order valence-corrected chi connectivity index (χ2v) is 10.0. The largest absolute Gasteiger partial charge is 0.497 e. The summed E-state index contributed by atoms with van der Waals surface area (Å²) in [5, 5.41) is 8.30. The SMILES string of the molecule is CCOc1ccc(C2C3=C(CC(C)(C)CC3=O)Nc3nc(-c4cc(OC)cc(OC)c4)nn32)cc1OC. The lowest BCUT2D eigenvalue weighted by Crippen LogP contribution is -2.36. The summed E-state index contributed by atoms with van der Waals surface area (Å²) >= 11 is 0. The molecule has 0 saturated carbocycles. The van der Waals surface area contributed by atoms with E-state index in [4.69, 9.17) is 29.0 Å². The van der Waals surface area contributed by atoms with Crippen LogP contribution in [0.1, 0.15) is 45.2 Å². The second-order valence-electron chi connectivity index (χ2n) is 10.0. The van der Waals surface area contributed by atoms with E-state index in [1.165, 1.54) is 0 Å². The van der Waals surface area contributed by atoms with Crippen LogP contribution < -0.4 is 24.3 Å². The van der Waals surface area contributed by atoms with Gasteiger partial charge in [0.15, 0.2) is 23.1 Å². The van der Waals surface area contributed by atoms with Crippen molar-refractivity contribution in [3.05, 3.63) is 53.2 Å². The molecule has 1 N–H and O–H groups in total. The number of ketones is 1. The zero-order valence-corrected chi connectivity index (χ0v) is 22.0. The molecule has 0 saturated heterocycles. The maximum atomic E-state index is 13.6. The highest BCUT2D eigenvalue weighted by Crippen LogP contribution is 2.47. The molecule has 1 aliphatic heterocycles. The summed E-state index contributed by atoms with van der Waals surface area (Å²) in [4.78, 5) is 18.4. The Morgan fingerprint density at radius 3 is 2.38 bits per heavy atom. The monoisotopic (exact) mass is 504 g/mol. The summed E-state index contributed by atoms with van der Waals surface area (Å²) in [6.07, 6.45) is 1.19. The van der Waals surface area contributed by atoms with Crippen molar-refractivity contribution in [2.45, 2.75) is 39.7 Å². The number of carbonyl (C=O) groups excluding carboxylic acids is 1. The van der Waals surface area contributed by atoms with Gasteiger partial charge >= 0.3 is 0 Å². The minimum absolute atomic E-state index is 0.0994. The van der Waals surface area contributed by atoms with E-state index in [0.717, 1.165) is 23.2 Å². The lowest BCUT2D eigenvalue weighted by Gasteiger charge is -2.38. The molecule has 2 aliphatic rings. The number of carbonyl (C=O) groups is 1. The van der Waals surface area contributed by atoms with Crippen molar-refractivity contribution in [3.63, 3.8) is 0 Å². The fourth-order valence-corrected chi connectivity index (χ4v) is 5.10. The number of Topliss-reactive ketones (excluding diaryl/α,β-unsaturated/α-hetero) is 1. The number of aromatic nitrogens is 3. The fraction of sp³-hybridized carbons (Fsp3) is 0.393. The summed E-state index contributed by atoms with van der Waals surface area (Å²) in [5.41, 5.74) is 3.04. The van der Waals surface area contributed by atoms with Gasteiger partial charge in [0.05, 0.1) is 27.9 Å². The van der Waals surface area contributed by atoms with Gasteiger partial charge in [0.1, 0.15) is 17.5 Å². The van der Waals surface area contributed by atoms with Crippen molar-refractivity contribution >= 4 is 11.7 Å². The summed E-state index contributed by atoms with van der Waals surface area (Å²) in [6, 6.07) is 10.8. The van der Waals surface area contributed by atoms with E-state index in [0.29, 0.717) is 53.4 Å². The summed E-state index contributed by atoms with van der Waals surface area (Å²) < 4.78 is 24.0. The van der Waals surface area contributed by atoms with Crippen molar-refractivity contribution in [1.29, 1.82) is 0 Å². The molecular formula is C28H32N4O5. The molecule has 0 fully saturated rings. The first-order chi connectivity index (χ1) is 17.8. The van der Waals surface area contributed by atoms with Gasteiger partial charge in [-0.15, -0.1) is 5.10 Å². The van der Waals surface area contributed by atoms with E-state index < -0.39 is 6.04 Å². The van der Waals surface area contributed by atoms with E-state index in [-0.39, 0.29) is 11.2 Å². The Kier molecular flexibility index (Phi) is 6.31. The number of hydrogen-bond acceptors (Lipinski definition) is 8. The molecular weight excluding hydrogens is 472 g/mol. The van der Waals surface area contributed by atoms with Crippen LogP contribution in [0.3, 0.4) is 0 Å². The molecule has 9 heteroatoms. The Labute approximate surface area is 216 Å². The normalized spacial score (nSPS) is 18.0. The molecule has 1 aliphatic carbocycles. The molecule has 1 unspecified atom stereocenters. The van der Waals surface area contributed by atoms with Crippen molar-refractivity contribution < 1.29 is 23.7 Å². The van der Waals surface area contributed by atoms with Gasteiger partial charge in [-0.2, -0.15) is 4.98 Å². The minimum Gasteiger partial charge on any atom is -0.497 e. The van der Waals surface area contributed by atoms with Gasteiger partial charge in [-0.3, -0.25) is 4.79 Å². The lowest BCUT2D eigenvalue weighted by atomic mass is 9.73. The number of rotatable bonds is 7. The summed E-state index contributed by atoms with van der Waals surface area (Å²) in [5.74, 6) is 3.68. The quantitative estimate of drug-likeness (QED) is 0.479. The Morgan fingerprint density at radius 1 is 1.00 bits per heavy atom. The highest BCUT2D eigenvalue weighted by atomic mass is 16.5. The van der Waals surface area contributed by atoms with E-state index in [9.17, 15) is 4.79 Å². The van der Waals surface area contributed by atoms with Gasteiger partial charge < -0.3 is 24.3 Å². The highest BCUT2D eigenvalue weighted by molar-refractivity contribution is 6.00. The molecule has 2 aromatic carbocycles. The zero-order chi connectivity index (χ0) is 26.3. The predicted molar refractivity (Wildman–Crippen MR) is 140 cm³/mol. The number of nitrogens with zero attached hydrogens (tertiary/aromatic N) is 3. The molecule has 0 spiro atoms. The fourth-order valence-electron chi connectivity index (χ4n) is 5.10. The molecule has 0 radical (unpaired) electrons. The average Bonchev–Trinajstić information content (AvgIpc) is 3.30. The Bertz CT molecular complexity index is 1370. The number of fused-ring (bicyclic) bond motifs is 1. The molecule has 1 atom stereocenters. The van der Waals surface area contributed by atoms with Crippen LogP contribution in [0.4, 0.5) is 5.95 Å². The molecule has 3 aromatic rings. The van der Waals surface area contributed by atoms with Crippen LogP contribution in [0.15, 0.2) is 47.7 Å². The number of hydrogen-bond donors (Lipinski definition) is 1. The highest BCUT2D eigenvalue weighted by Gasteiger charge is 2.42. The van der Waals surface area contributed by atoms with Crippen molar-refractivity contribution in [2.75, 3.05) is 33.3 Å². The maximum Gasteiger partial charge on any atom is 0.226 e. The van der Waals surface area contributed by atoms with E-state index in [2.05, 4.69) is 19.2 Å². The van der Waals surface area contributed by atoms with Crippen molar-refractivity contribution in [1.82, 2.24) is 14.8 Å². The van der Waals surface area contributed by atoms with E-state index in [1.54, 1.807) is 32.1 Å². The van der Waals surface area contributed by atoms with Crippen LogP contribution >= 0.6 is 0 Å². The van der Waals surface area contributed by atoms with Gasteiger partial charge in [-0.05, 0) is 48.6 Å². The first-order valence-corrected chi connectivity index (χ1v) is 12.3.